The molecule has 8 nitrogen and oxygen atoms in total. The number of nitrogens with zero attached hydrogens (tertiary/aromatic N) is 3. The highest BCUT2D eigenvalue weighted by atomic mass is 35.5. The van der Waals surface area contributed by atoms with Gasteiger partial charge in [-0.3, -0.25) is 4.98 Å². The molecule has 0 atom stereocenters. The molecule has 0 radical (unpaired) electrons. The van der Waals surface area contributed by atoms with E-state index < -0.39 is 11.8 Å². The molecule has 2 heterocycles. The molecule has 2 aromatic heterocycles. The van der Waals surface area contributed by atoms with E-state index in [-0.39, 0.29) is 12.2 Å². The Balaban J connectivity index is 1.49. The highest BCUT2D eigenvalue weighted by Crippen LogP contribution is 2.29. The van der Waals surface area contributed by atoms with E-state index in [1.54, 1.807) is 36.5 Å². The normalized spacial score (nSPS) is 11.0. The predicted octanol–water partition coefficient (Wildman–Crippen LogP) is 5.01. The molecular formula is C26H25ClFN5O3. The second-order valence-electron chi connectivity index (χ2n) is 7.75. The Morgan fingerprint density at radius 3 is 2.81 bits per heavy atom. The van der Waals surface area contributed by atoms with Gasteiger partial charge in [-0.15, -0.1) is 0 Å². The van der Waals surface area contributed by atoms with Gasteiger partial charge in [0.25, 0.3) is 0 Å². The minimum atomic E-state index is -0.451. The van der Waals surface area contributed by atoms with E-state index in [1.165, 1.54) is 24.4 Å². The molecule has 2 N–H and O–H groups in total. The van der Waals surface area contributed by atoms with Gasteiger partial charge in [-0.1, -0.05) is 11.6 Å². The maximum Gasteiger partial charge on any atom is 0.338 e. The van der Waals surface area contributed by atoms with Gasteiger partial charge in [-0.05, 0) is 55.5 Å². The SMILES string of the molecule is CCOCCNCCOC(=O)c1ccc2nccc(Nc3cnnc(-c4cc(Cl)ccc4F)c3)c2c1. The van der Waals surface area contributed by atoms with E-state index in [9.17, 15) is 9.18 Å². The lowest BCUT2D eigenvalue weighted by Crippen LogP contribution is -2.25. The Hall–Kier alpha value is -3.66. The molecule has 4 aromatic rings. The van der Waals surface area contributed by atoms with Crippen molar-refractivity contribution >= 4 is 39.8 Å². The Bertz CT molecular complexity index is 1350. The number of esters is 1. The summed E-state index contributed by atoms with van der Waals surface area (Å²) in [4.78, 5) is 16.9. The quantitative estimate of drug-likeness (QED) is 0.215. The number of pyridine rings is 1. The highest BCUT2D eigenvalue weighted by molar-refractivity contribution is 6.30. The molecule has 0 bridgehead atoms. The fourth-order valence-corrected chi connectivity index (χ4v) is 3.68. The van der Waals surface area contributed by atoms with E-state index in [0.29, 0.717) is 64.9 Å². The lowest BCUT2D eigenvalue weighted by Gasteiger charge is -2.12. The van der Waals surface area contributed by atoms with E-state index in [4.69, 9.17) is 21.1 Å². The Morgan fingerprint density at radius 2 is 1.94 bits per heavy atom. The number of ether oxygens (including phenoxy) is 2. The number of fused-ring (bicyclic) bond motifs is 1. The lowest BCUT2D eigenvalue weighted by atomic mass is 10.1. The largest absolute Gasteiger partial charge is 0.461 e. The monoisotopic (exact) mass is 509 g/mol. The van der Waals surface area contributed by atoms with Crippen molar-refractivity contribution in [3.8, 4) is 11.3 Å². The van der Waals surface area contributed by atoms with E-state index in [2.05, 4.69) is 25.8 Å². The minimum absolute atomic E-state index is 0.243. The predicted molar refractivity (Wildman–Crippen MR) is 137 cm³/mol. The maximum absolute atomic E-state index is 14.3. The van der Waals surface area contributed by atoms with Crippen molar-refractivity contribution in [2.45, 2.75) is 6.92 Å². The molecule has 0 aliphatic rings. The third kappa shape index (κ3) is 6.51. The molecule has 36 heavy (non-hydrogen) atoms. The number of aromatic nitrogens is 3. The Kier molecular flexibility index (Phi) is 8.72. The van der Waals surface area contributed by atoms with E-state index in [0.717, 1.165) is 0 Å². The summed E-state index contributed by atoms with van der Waals surface area (Å²) in [5.74, 6) is -0.879. The molecule has 0 aliphatic carbocycles. The average molecular weight is 510 g/mol. The molecule has 0 unspecified atom stereocenters. The summed E-state index contributed by atoms with van der Waals surface area (Å²) in [5.41, 5.74) is 2.95. The van der Waals surface area contributed by atoms with Crippen LogP contribution in [-0.4, -0.2) is 54.1 Å². The third-order valence-corrected chi connectivity index (χ3v) is 5.49. The van der Waals surface area contributed by atoms with Gasteiger partial charge in [-0.25, -0.2) is 9.18 Å². The zero-order valence-corrected chi connectivity index (χ0v) is 20.4. The van der Waals surface area contributed by atoms with Crippen molar-refractivity contribution < 1.29 is 18.7 Å². The highest BCUT2D eigenvalue weighted by Gasteiger charge is 2.12. The van der Waals surface area contributed by atoms with Crippen molar-refractivity contribution in [1.29, 1.82) is 0 Å². The third-order valence-electron chi connectivity index (χ3n) is 5.25. The summed E-state index contributed by atoms with van der Waals surface area (Å²) in [6.07, 6.45) is 3.18. The van der Waals surface area contributed by atoms with Crippen molar-refractivity contribution in [2.24, 2.45) is 0 Å². The standard InChI is InChI=1S/C26H25ClFN5O3/c1-2-35-11-9-29-10-12-36-26(34)17-3-6-23-21(13-17)24(7-8-30-23)32-19-15-25(33-31-16-19)20-14-18(27)4-5-22(20)28/h3-8,13-16,29H,2,9-12H2,1H3,(H,30,32,33). The number of carbonyl (C=O) groups excluding carboxylic acids is 1. The molecule has 186 valence electrons. The van der Waals surface area contributed by atoms with Gasteiger partial charge in [0.05, 0.1) is 35.3 Å². The smallest absolute Gasteiger partial charge is 0.338 e. The molecule has 0 amide bonds. The van der Waals surface area contributed by atoms with Gasteiger partial charge in [0.1, 0.15) is 12.4 Å². The molecular weight excluding hydrogens is 485 g/mol. The minimum Gasteiger partial charge on any atom is -0.461 e. The molecule has 4 rings (SSSR count). The van der Waals surface area contributed by atoms with Crippen LogP contribution in [0, 0.1) is 5.82 Å². The van der Waals surface area contributed by atoms with Crippen LogP contribution in [0.3, 0.4) is 0 Å². The number of nitrogens with one attached hydrogen (secondary N) is 2. The number of carbonyl (C=O) groups is 1. The van der Waals surface area contributed by atoms with Crippen LogP contribution in [0.1, 0.15) is 17.3 Å². The van der Waals surface area contributed by atoms with E-state index in [1.807, 2.05) is 6.92 Å². The zero-order valence-electron chi connectivity index (χ0n) is 19.6. The summed E-state index contributed by atoms with van der Waals surface area (Å²) in [5, 5.41) is 15.6. The number of anilines is 2. The first kappa shape index (κ1) is 25.4. The second-order valence-corrected chi connectivity index (χ2v) is 8.19. The van der Waals surface area contributed by atoms with Crippen LogP contribution >= 0.6 is 11.6 Å². The van der Waals surface area contributed by atoms with Crippen molar-refractivity contribution in [3.05, 3.63) is 77.3 Å². The topological polar surface area (TPSA) is 98.3 Å². The first-order valence-corrected chi connectivity index (χ1v) is 11.8. The molecule has 2 aromatic carbocycles. The van der Waals surface area contributed by atoms with Gasteiger partial charge in [0, 0.05) is 47.6 Å². The van der Waals surface area contributed by atoms with Gasteiger partial charge in [-0.2, -0.15) is 10.2 Å². The molecule has 0 saturated heterocycles. The van der Waals surface area contributed by atoms with Gasteiger partial charge in [0.2, 0.25) is 0 Å². The van der Waals surface area contributed by atoms with Crippen LogP contribution in [0.15, 0.2) is 60.9 Å². The first-order chi connectivity index (χ1) is 17.5. The molecule has 0 fully saturated rings. The van der Waals surface area contributed by atoms with Crippen LogP contribution in [-0.2, 0) is 9.47 Å². The van der Waals surface area contributed by atoms with Crippen molar-refractivity contribution in [1.82, 2.24) is 20.5 Å². The molecule has 10 heteroatoms. The second kappa shape index (κ2) is 12.3. The van der Waals surface area contributed by atoms with Crippen LogP contribution in [0.25, 0.3) is 22.2 Å². The van der Waals surface area contributed by atoms with Gasteiger partial charge in [0.15, 0.2) is 0 Å². The van der Waals surface area contributed by atoms with Gasteiger partial charge >= 0.3 is 5.97 Å². The maximum atomic E-state index is 14.3. The molecule has 0 spiro atoms. The lowest BCUT2D eigenvalue weighted by molar-refractivity contribution is 0.0506. The van der Waals surface area contributed by atoms with Crippen molar-refractivity contribution in [2.75, 3.05) is 38.2 Å². The number of hydrogen-bond donors (Lipinski definition) is 2. The van der Waals surface area contributed by atoms with Gasteiger partial charge < -0.3 is 20.1 Å². The van der Waals surface area contributed by atoms with Crippen molar-refractivity contribution in [3.63, 3.8) is 0 Å². The molecule has 0 saturated carbocycles. The summed E-state index contributed by atoms with van der Waals surface area (Å²) in [6, 6.07) is 12.9. The molecule has 0 aliphatic heterocycles. The van der Waals surface area contributed by atoms with Crippen LogP contribution in [0.5, 0.6) is 0 Å². The number of halogens is 2. The average Bonchev–Trinajstić information content (AvgIpc) is 2.89. The van der Waals surface area contributed by atoms with E-state index >= 15 is 0 Å². The summed E-state index contributed by atoms with van der Waals surface area (Å²) in [6.45, 7) is 4.69. The fourth-order valence-electron chi connectivity index (χ4n) is 3.51. The number of hydrogen-bond acceptors (Lipinski definition) is 8. The summed E-state index contributed by atoms with van der Waals surface area (Å²) >= 11 is 6.02. The zero-order chi connectivity index (χ0) is 25.3. The first-order valence-electron chi connectivity index (χ1n) is 11.4. The number of rotatable bonds is 11. The Labute approximate surface area is 212 Å². The summed E-state index contributed by atoms with van der Waals surface area (Å²) in [7, 11) is 0. The number of benzene rings is 2. The van der Waals surface area contributed by atoms with Crippen LogP contribution in [0.2, 0.25) is 5.02 Å². The van der Waals surface area contributed by atoms with Crippen LogP contribution < -0.4 is 10.6 Å². The fraction of sp³-hybridized carbons (Fsp3) is 0.231. The Morgan fingerprint density at radius 1 is 1.08 bits per heavy atom. The van der Waals surface area contributed by atoms with Crippen LogP contribution in [0.4, 0.5) is 15.8 Å². The summed E-state index contributed by atoms with van der Waals surface area (Å²) < 4.78 is 24.9.